The molecule has 144 valence electrons. The summed E-state index contributed by atoms with van der Waals surface area (Å²) in [6, 6.07) is 3.26. The first-order valence-electron chi connectivity index (χ1n) is 8.73. The lowest BCUT2D eigenvalue weighted by Crippen LogP contribution is -2.51. The van der Waals surface area contributed by atoms with E-state index >= 15 is 0 Å². The largest absolute Gasteiger partial charge is 0.357 e. The van der Waals surface area contributed by atoms with Gasteiger partial charge in [0.15, 0.2) is 5.96 Å². The number of sulfonamides is 1. The number of nitrogens with zero attached hydrogens (tertiary/aromatic N) is 2. The molecular weight excluding hydrogens is 374 g/mol. The fraction of sp³-hybridized carbons (Fsp3) is 0.625. The van der Waals surface area contributed by atoms with Gasteiger partial charge in [0.05, 0.1) is 6.54 Å². The van der Waals surface area contributed by atoms with Crippen molar-refractivity contribution in [3.8, 4) is 0 Å². The molecule has 3 rings (SSSR count). The molecule has 2 fully saturated rings. The normalized spacial score (nSPS) is 24.2. The number of guanidine groups is 1. The molecule has 0 bridgehead atoms. The van der Waals surface area contributed by atoms with Crippen molar-refractivity contribution in [2.75, 3.05) is 26.2 Å². The lowest BCUT2D eigenvalue weighted by atomic mass is 9.79. The molecule has 1 aromatic heterocycles. The van der Waals surface area contributed by atoms with Crippen LogP contribution in [0.3, 0.4) is 0 Å². The summed E-state index contributed by atoms with van der Waals surface area (Å²) in [6.45, 7) is 5.57. The Hall–Kier alpha value is -1.65. The zero-order valence-electron chi connectivity index (χ0n) is 14.8. The molecule has 2 saturated heterocycles. The van der Waals surface area contributed by atoms with Crippen LogP contribution in [-0.4, -0.2) is 51.4 Å². The number of nitrogens with two attached hydrogens (primary N) is 1. The Labute approximate surface area is 157 Å². The van der Waals surface area contributed by atoms with Gasteiger partial charge in [-0.15, -0.1) is 11.3 Å². The maximum Gasteiger partial charge on any atom is 0.247 e. The van der Waals surface area contributed by atoms with Gasteiger partial charge in [0.25, 0.3) is 0 Å². The second-order valence-corrected chi connectivity index (χ2v) is 9.87. The minimum atomic E-state index is -3.67. The number of piperidine rings is 1. The van der Waals surface area contributed by atoms with Gasteiger partial charge >= 0.3 is 0 Å². The Bertz CT molecular complexity index is 805. The number of likely N-dealkylation sites (tertiary alicyclic amines) is 1. The fourth-order valence-corrected chi connectivity index (χ4v) is 5.31. The number of hydrogen-bond donors (Lipinski definition) is 3. The first-order chi connectivity index (χ1) is 12.3. The quantitative estimate of drug-likeness (QED) is 0.502. The summed E-state index contributed by atoms with van der Waals surface area (Å²) >= 11 is 1.14. The molecule has 0 aliphatic carbocycles. The van der Waals surface area contributed by atoms with Gasteiger partial charge in [-0.3, -0.25) is 4.79 Å². The highest BCUT2D eigenvalue weighted by molar-refractivity contribution is 7.91. The minimum absolute atomic E-state index is 0.00471. The standard InChI is InChI=1S/C16H25N5O3S2/c1-2-18-15(19-9-12-4-5-14(25-12)26(17,23)24)21-7-3-6-16(11-21)8-13(22)20-10-16/h4-5H,2-3,6-11H2,1H3,(H,18,19)(H,20,22)(H2,17,23,24). The van der Waals surface area contributed by atoms with Gasteiger partial charge < -0.3 is 15.5 Å². The Morgan fingerprint density at radius 1 is 1.50 bits per heavy atom. The number of thiophene rings is 1. The molecule has 1 unspecified atom stereocenters. The van der Waals surface area contributed by atoms with E-state index in [1.807, 2.05) is 6.92 Å². The number of amides is 1. The smallest absolute Gasteiger partial charge is 0.247 e. The molecule has 1 aromatic rings. The van der Waals surface area contributed by atoms with Crippen molar-refractivity contribution in [2.45, 2.75) is 36.9 Å². The number of hydrogen-bond acceptors (Lipinski definition) is 5. The zero-order valence-corrected chi connectivity index (χ0v) is 16.5. The molecule has 1 spiro atoms. The van der Waals surface area contributed by atoms with E-state index in [4.69, 9.17) is 5.14 Å². The topological polar surface area (TPSA) is 117 Å². The predicted octanol–water partition coefficient (Wildman–Crippen LogP) is 0.463. The van der Waals surface area contributed by atoms with E-state index in [1.165, 1.54) is 6.07 Å². The summed E-state index contributed by atoms with van der Waals surface area (Å²) in [6.07, 6.45) is 2.64. The maximum atomic E-state index is 11.7. The van der Waals surface area contributed by atoms with Crippen molar-refractivity contribution in [1.29, 1.82) is 0 Å². The van der Waals surface area contributed by atoms with Gasteiger partial charge in [0.1, 0.15) is 4.21 Å². The van der Waals surface area contributed by atoms with Gasteiger partial charge in [0.2, 0.25) is 15.9 Å². The van der Waals surface area contributed by atoms with Crippen LogP contribution in [0.15, 0.2) is 21.3 Å². The van der Waals surface area contributed by atoms with Crippen LogP contribution in [0.5, 0.6) is 0 Å². The van der Waals surface area contributed by atoms with Crippen molar-refractivity contribution < 1.29 is 13.2 Å². The zero-order chi connectivity index (χ0) is 18.8. The molecule has 4 N–H and O–H groups in total. The van der Waals surface area contributed by atoms with Crippen molar-refractivity contribution >= 4 is 33.2 Å². The Morgan fingerprint density at radius 3 is 2.92 bits per heavy atom. The summed E-state index contributed by atoms with van der Waals surface area (Å²) in [7, 11) is -3.67. The molecule has 1 atom stereocenters. The molecule has 2 aliphatic heterocycles. The van der Waals surface area contributed by atoms with Crippen LogP contribution >= 0.6 is 11.3 Å². The molecule has 10 heteroatoms. The summed E-state index contributed by atoms with van der Waals surface area (Å²) in [5.74, 6) is 0.930. The average molecular weight is 400 g/mol. The Kier molecular flexibility index (Phi) is 5.54. The summed E-state index contributed by atoms with van der Waals surface area (Å²) in [4.78, 5) is 19.4. The maximum absolute atomic E-state index is 11.7. The molecule has 8 nitrogen and oxygen atoms in total. The molecule has 3 heterocycles. The van der Waals surface area contributed by atoms with E-state index in [0.717, 1.165) is 61.2 Å². The number of aliphatic imine (C=N–C) groups is 1. The highest BCUT2D eigenvalue weighted by atomic mass is 32.2. The van der Waals surface area contributed by atoms with Gasteiger partial charge in [-0.2, -0.15) is 0 Å². The monoisotopic (exact) mass is 399 g/mol. The Balaban J connectivity index is 1.72. The van der Waals surface area contributed by atoms with E-state index in [9.17, 15) is 13.2 Å². The van der Waals surface area contributed by atoms with Crippen molar-refractivity contribution in [2.24, 2.45) is 15.5 Å². The second-order valence-electron chi connectivity index (χ2n) is 6.91. The van der Waals surface area contributed by atoms with Crippen molar-refractivity contribution in [3.05, 3.63) is 17.0 Å². The first kappa shape index (κ1) is 19.1. The fourth-order valence-electron chi connectivity index (χ4n) is 3.60. The number of nitrogens with one attached hydrogen (secondary N) is 2. The summed E-state index contributed by atoms with van der Waals surface area (Å²) in [5.41, 5.74) is -0.00471. The third-order valence-electron chi connectivity index (χ3n) is 4.79. The van der Waals surface area contributed by atoms with E-state index in [0.29, 0.717) is 13.0 Å². The summed E-state index contributed by atoms with van der Waals surface area (Å²) in [5, 5.41) is 11.4. The van der Waals surface area contributed by atoms with Crippen LogP contribution in [0.4, 0.5) is 0 Å². The third kappa shape index (κ3) is 4.36. The summed E-state index contributed by atoms with van der Waals surface area (Å²) < 4.78 is 23.0. The number of carbonyl (C=O) groups is 1. The Morgan fingerprint density at radius 2 is 2.31 bits per heavy atom. The molecular formula is C16H25N5O3S2. The van der Waals surface area contributed by atoms with Gasteiger partial charge in [-0.1, -0.05) is 0 Å². The SMILES string of the molecule is CCNC(=NCc1ccc(S(N)(=O)=O)s1)N1CCCC2(CNC(=O)C2)C1. The molecule has 0 aromatic carbocycles. The number of primary sulfonamides is 1. The molecule has 0 radical (unpaired) electrons. The van der Waals surface area contributed by atoms with E-state index in [2.05, 4.69) is 20.5 Å². The molecule has 2 aliphatic rings. The van der Waals surface area contributed by atoms with E-state index in [-0.39, 0.29) is 15.5 Å². The van der Waals surface area contributed by atoms with Crippen LogP contribution < -0.4 is 15.8 Å². The molecule has 1 amide bonds. The van der Waals surface area contributed by atoms with E-state index < -0.39 is 10.0 Å². The van der Waals surface area contributed by atoms with E-state index in [1.54, 1.807) is 6.07 Å². The van der Waals surface area contributed by atoms with Crippen LogP contribution in [0.1, 0.15) is 31.1 Å². The van der Waals surface area contributed by atoms with Crippen LogP contribution in [-0.2, 0) is 21.4 Å². The van der Waals surface area contributed by atoms with Crippen molar-refractivity contribution in [1.82, 2.24) is 15.5 Å². The highest BCUT2D eigenvalue weighted by Gasteiger charge is 2.42. The average Bonchev–Trinajstić information content (AvgIpc) is 3.19. The van der Waals surface area contributed by atoms with Crippen LogP contribution in [0, 0.1) is 5.41 Å². The van der Waals surface area contributed by atoms with Crippen LogP contribution in [0.25, 0.3) is 0 Å². The van der Waals surface area contributed by atoms with Gasteiger partial charge in [-0.25, -0.2) is 18.5 Å². The number of rotatable bonds is 4. The number of carbonyl (C=O) groups excluding carboxylic acids is 1. The van der Waals surface area contributed by atoms with Gasteiger partial charge in [0, 0.05) is 42.9 Å². The van der Waals surface area contributed by atoms with Crippen molar-refractivity contribution in [3.63, 3.8) is 0 Å². The minimum Gasteiger partial charge on any atom is -0.357 e. The third-order valence-corrected chi connectivity index (χ3v) is 7.30. The lowest BCUT2D eigenvalue weighted by molar-refractivity contribution is -0.119. The second kappa shape index (κ2) is 7.53. The first-order valence-corrected chi connectivity index (χ1v) is 11.1. The van der Waals surface area contributed by atoms with Gasteiger partial charge in [-0.05, 0) is 31.9 Å². The molecule has 0 saturated carbocycles. The molecule has 26 heavy (non-hydrogen) atoms. The highest BCUT2D eigenvalue weighted by Crippen LogP contribution is 2.36. The predicted molar refractivity (Wildman–Crippen MR) is 101 cm³/mol. The lowest BCUT2D eigenvalue weighted by Gasteiger charge is -2.40. The van der Waals surface area contributed by atoms with Crippen LogP contribution in [0.2, 0.25) is 0 Å².